The van der Waals surface area contributed by atoms with E-state index in [1.54, 1.807) is 13.0 Å². The third kappa shape index (κ3) is 3.10. The zero-order chi connectivity index (χ0) is 13.1. The SMILES string of the molecule is Cc1cc(NC(C)c2ccc(Br)cc2)ccc1F. The molecule has 0 radical (unpaired) electrons. The molecule has 0 saturated carbocycles. The van der Waals surface area contributed by atoms with Crippen molar-refractivity contribution >= 4 is 21.6 Å². The molecule has 2 aromatic carbocycles. The molecule has 0 saturated heterocycles. The molecule has 0 bridgehead atoms. The van der Waals surface area contributed by atoms with E-state index in [4.69, 9.17) is 0 Å². The standard InChI is InChI=1S/C15H15BrFN/c1-10-9-14(7-8-15(10)17)18-11(2)12-3-5-13(16)6-4-12/h3-9,11,18H,1-2H3. The lowest BCUT2D eigenvalue weighted by Gasteiger charge is -2.16. The van der Waals surface area contributed by atoms with Gasteiger partial charge in [0.1, 0.15) is 5.82 Å². The van der Waals surface area contributed by atoms with Gasteiger partial charge in [0.05, 0.1) is 0 Å². The fraction of sp³-hybridized carbons (Fsp3) is 0.200. The molecule has 0 amide bonds. The van der Waals surface area contributed by atoms with Gasteiger partial charge in [-0.25, -0.2) is 4.39 Å². The van der Waals surface area contributed by atoms with Crippen LogP contribution in [0, 0.1) is 12.7 Å². The molecule has 1 unspecified atom stereocenters. The van der Waals surface area contributed by atoms with Crippen LogP contribution in [0.3, 0.4) is 0 Å². The molecule has 0 aromatic heterocycles. The maximum absolute atomic E-state index is 13.2. The Labute approximate surface area is 115 Å². The molecule has 0 aliphatic carbocycles. The molecule has 1 atom stereocenters. The number of benzene rings is 2. The van der Waals surface area contributed by atoms with E-state index in [0.29, 0.717) is 5.56 Å². The van der Waals surface area contributed by atoms with Crippen LogP contribution in [0.4, 0.5) is 10.1 Å². The van der Waals surface area contributed by atoms with Crippen LogP contribution in [0.2, 0.25) is 0 Å². The van der Waals surface area contributed by atoms with Crippen LogP contribution in [-0.2, 0) is 0 Å². The Morgan fingerprint density at radius 3 is 2.39 bits per heavy atom. The largest absolute Gasteiger partial charge is 0.379 e. The maximum Gasteiger partial charge on any atom is 0.126 e. The lowest BCUT2D eigenvalue weighted by Crippen LogP contribution is -2.06. The molecule has 0 aliphatic rings. The van der Waals surface area contributed by atoms with Crippen LogP contribution < -0.4 is 5.32 Å². The second-order valence-electron chi connectivity index (χ2n) is 4.38. The second-order valence-corrected chi connectivity index (χ2v) is 5.30. The van der Waals surface area contributed by atoms with E-state index in [0.717, 1.165) is 10.2 Å². The Balaban J connectivity index is 2.13. The van der Waals surface area contributed by atoms with Gasteiger partial charge in [0.15, 0.2) is 0 Å². The van der Waals surface area contributed by atoms with E-state index in [9.17, 15) is 4.39 Å². The number of halogens is 2. The van der Waals surface area contributed by atoms with Gasteiger partial charge in [-0.2, -0.15) is 0 Å². The molecule has 94 valence electrons. The van der Waals surface area contributed by atoms with Crippen LogP contribution >= 0.6 is 15.9 Å². The molecule has 3 heteroatoms. The summed E-state index contributed by atoms with van der Waals surface area (Å²) in [5.74, 6) is -0.170. The Morgan fingerprint density at radius 1 is 1.11 bits per heavy atom. The highest BCUT2D eigenvalue weighted by Crippen LogP contribution is 2.22. The Hall–Kier alpha value is -1.35. The topological polar surface area (TPSA) is 12.0 Å². The van der Waals surface area contributed by atoms with E-state index in [1.807, 2.05) is 18.2 Å². The van der Waals surface area contributed by atoms with Crippen LogP contribution in [0.5, 0.6) is 0 Å². The minimum absolute atomic E-state index is 0.170. The minimum Gasteiger partial charge on any atom is -0.379 e. The van der Waals surface area contributed by atoms with Crippen molar-refractivity contribution in [2.75, 3.05) is 5.32 Å². The highest BCUT2D eigenvalue weighted by atomic mass is 79.9. The number of hydrogen-bond acceptors (Lipinski definition) is 1. The van der Waals surface area contributed by atoms with E-state index in [-0.39, 0.29) is 11.9 Å². The highest BCUT2D eigenvalue weighted by molar-refractivity contribution is 9.10. The minimum atomic E-state index is -0.170. The van der Waals surface area contributed by atoms with Crippen LogP contribution in [0.15, 0.2) is 46.9 Å². The van der Waals surface area contributed by atoms with Gasteiger partial charge >= 0.3 is 0 Å². The van der Waals surface area contributed by atoms with Crippen molar-refractivity contribution in [1.29, 1.82) is 0 Å². The van der Waals surface area contributed by atoms with Gasteiger partial charge < -0.3 is 5.32 Å². The number of rotatable bonds is 3. The zero-order valence-electron chi connectivity index (χ0n) is 10.4. The van der Waals surface area contributed by atoms with Gasteiger partial charge in [0.2, 0.25) is 0 Å². The van der Waals surface area contributed by atoms with Gasteiger partial charge in [0, 0.05) is 16.2 Å². The Bertz CT molecular complexity index is 537. The Kier molecular flexibility index (Phi) is 4.02. The van der Waals surface area contributed by atoms with Gasteiger partial charge in [-0.1, -0.05) is 28.1 Å². The van der Waals surface area contributed by atoms with E-state index in [1.165, 1.54) is 11.6 Å². The highest BCUT2D eigenvalue weighted by Gasteiger charge is 2.06. The first-order valence-corrected chi connectivity index (χ1v) is 6.64. The van der Waals surface area contributed by atoms with Crippen LogP contribution in [0.25, 0.3) is 0 Å². The van der Waals surface area contributed by atoms with E-state index >= 15 is 0 Å². The van der Waals surface area contributed by atoms with Crippen LogP contribution in [-0.4, -0.2) is 0 Å². The summed E-state index contributed by atoms with van der Waals surface area (Å²) in [5.41, 5.74) is 2.78. The summed E-state index contributed by atoms with van der Waals surface area (Å²) in [6.07, 6.45) is 0. The fourth-order valence-corrected chi connectivity index (χ4v) is 2.08. The maximum atomic E-state index is 13.2. The van der Waals surface area contributed by atoms with Crippen molar-refractivity contribution in [2.24, 2.45) is 0 Å². The summed E-state index contributed by atoms with van der Waals surface area (Å²) in [7, 11) is 0. The quantitative estimate of drug-likeness (QED) is 0.834. The molecule has 1 nitrogen and oxygen atoms in total. The molecule has 0 heterocycles. The molecule has 0 spiro atoms. The van der Waals surface area contributed by atoms with Crippen LogP contribution in [0.1, 0.15) is 24.1 Å². The molecule has 18 heavy (non-hydrogen) atoms. The smallest absolute Gasteiger partial charge is 0.126 e. The molecule has 2 aromatic rings. The number of hydrogen-bond donors (Lipinski definition) is 1. The Morgan fingerprint density at radius 2 is 1.78 bits per heavy atom. The summed E-state index contributed by atoms with van der Waals surface area (Å²) in [5, 5.41) is 3.36. The first kappa shape index (κ1) is 13.1. The molecule has 1 N–H and O–H groups in total. The number of nitrogens with one attached hydrogen (secondary N) is 1. The average Bonchev–Trinajstić information content (AvgIpc) is 2.34. The monoisotopic (exact) mass is 307 g/mol. The summed E-state index contributed by atoms with van der Waals surface area (Å²) >= 11 is 3.42. The lowest BCUT2D eigenvalue weighted by molar-refractivity contribution is 0.618. The van der Waals surface area contributed by atoms with Crippen molar-refractivity contribution in [2.45, 2.75) is 19.9 Å². The van der Waals surface area contributed by atoms with Crippen molar-refractivity contribution in [1.82, 2.24) is 0 Å². The zero-order valence-corrected chi connectivity index (χ0v) is 12.0. The summed E-state index contributed by atoms with van der Waals surface area (Å²) in [4.78, 5) is 0. The lowest BCUT2D eigenvalue weighted by atomic mass is 10.1. The molecular weight excluding hydrogens is 293 g/mol. The summed E-state index contributed by atoms with van der Waals surface area (Å²) in [6, 6.07) is 13.4. The van der Waals surface area contributed by atoms with Gasteiger partial charge in [-0.15, -0.1) is 0 Å². The van der Waals surface area contributed by atoms with E-state index < -0.39 is 0 Å². The average molecular weight is 308 g/mol. The predicted octanol–water partition coefficient (Wildman–Crippen LogP) is 5.07. The van der Waals surface area contributed by atoms with Crippen molar-refractivity contribution in [3.63, 3.8) is 0 Å². The predicted molar refractivity (Wildman–Crippen MR) is 77.3 cm³/mol. The van der Waals surface area contributed by atoms with Gasteiger partial charge in [0.25, 0.3) is 0 Å². The third-order valence-electron chi connectivity index (χ3n) is 2.91. The first-order chi connectivity index (χ1) is 8.56. The van der Waals surface area contributed by atoms with Crippen molar-refractivity contribution in [3.8, 4) is 0 Å². The third-order valence-corrected chi connectivity index (χ3v) is 3.44. The first-order valence-electron chi connectivity index (χ1n) is 5.84. The molecular formula is C15H15BrFN. The molecule has 2 rings (SSSR count). The van der Waals surface area contributed by atoms with Gasteiger partial charge in [-0.05, 0) is 55.3 Å². The second kappa shape index (κ2) is 5.53. The number of aryl methyl sites for hydroxylation is 1. The normalized spacial score (nSPS) is 12.2. The number of anilines is 1. The summed E-state index contributed by atoms with van der Waals surface area (Å²) in [6.45, 7) is 3.85. The summed E-state index contributed by atoms with van der Waals surface area (Å²) < 4.78 is 14.2. The molecule has 0 aliphatic heterocycles. The van der Waals surface area contributed by atoms with Crippen molar-refractivity contribution in [3.05, 3.63) is 63.9 Å². The fourth-order valence-electron chi connectivity index (χ4n) is 1.82. The van der Waals surface area contributed by atoms with E-state index in [2.05, 4.69) is 40.3 Å². The van der Waals surface area contributed by atoms with Gasteiger partial charge in [-0.3, -0.25) is 0 Å². The van der Waals surface area contributed by atoms with Crippen molar-refractivity contribution < 1.29 is 4.39 Å². The molecule has 0 fully saturated rings.